The smallest absolute Gasteiger partial charge is 0.227 e. The fraction of sp³-hybridized carbons (Fsp3) is 0.600. The Kier molecular flexibility index (Phi) is 3.29. The largest absolute Gasteiger partial charge is 0.342 e. The molecule has 1 atom stereocenters. The monoisotopic (exact) mass is 257 g/mol. The Morgan fingerprint density at radius 1 is 1.37 bits per heavy atom. The average Bonchev–Trinajstić information content (AvgIpc) is 2.94. The number of nitrogens with zero attached hydrogens (tertiary/aromatic N) is 3. The Labute approximate surface area is 113 Å². The van der Waals surface area contributed by atoms with Gasteiger partial charge in [0.1, 0.15) is 0 Å². The van der Waals surface area contributed by atoms with Crippen LogP contribution in [-0.4, -0.2) is 33.4 Å². The fourth-order valence-corrected chi connectivity index (χ4v) is 3.10. The lowest BCUT2D eigenvalue weighted by Gasteiger charge is -2.34. The minimum Gasteiger partial charge on any atom is -0.342 e. The summed E-state index contributed by atoms with van der Waals surface area (Å²) in [5.74, 6) is 3.57. The first-order valence-corrected chi connectivity index (χ1v) is 7.02. The predicted octanol–water partition coefficient (Wildman–Crippen LogP) is 1.32. The lowest BCUT2D eigenvalue weighted by atomic mass is 9.93. The quantitative estimate of drug-likeness (QED) is 0.712. The summed E-state index contributed by atoms with van der Waals surface area (Å²) in [5, 5.41) is 0. The number of rotatable bonds is 1. The molecule has 4 heteroatoms. The van der Waals surface area contributed by atoms with E-state index in [2.05, 4.69) is 15.5 Å². The Hall–Kier alpha value is -1.76. The van der Waals surface area contributed by atoms with E-state index in [1.165, 1.54) is 5.69 Å². The van der Waals surface area contributed by atoms with Crippen LogP contribution in [0.4, 0.5) is 0 Å². The third-order valence-electron chi connectivity index (χ3n) is 4.36. The first-order valence-electron chi connectivity index (χ1n) is 7.02. The number of carbonyl (C=O) groups excluding carboxylic acids is 1. The number of terminal acetylenes is 1. The van der Waals surface area contributed by atoms with Gasteiger partial charge in [0, 0.05) is 37.4 Å². The van der Waals surface area contributed by atoms with Gasteiger partial charge in [0.25, 0.3) is 0 Å². The van der Waals surface area contributed by atoms with E-state index in [1.807, 2.05) is 17.4 Å². The molecule has 0 saturated carbocycles. The van der Waals surface area contributed by atoms with Crippen molar-refractivity contribution in [1.29, 1.82) is 0 Å². The molecule has 0 aliphatic carbocycles. The van der Waals surface area contributed by atoms with E-state index < -0.39 is 0 Å². The number of fused-ring (bicyclic) bond motifs is 1. The van der Waals surface area contributed by atoms with E-state index in [1.54, 1.807) is 0 Å². The van der Waals surface area contributed by atoms with Gasteiger partial charge >= 0.3 is 0 Å². The van der Waals surface area contributed by atoms with Gasteiger partial charge in [0.2, 0.25) is 5.91 Å². The molecule has 3 heterocycles. The van der Waals surface area contributed by atoms with Gasteiger partial charge in [-0.3, -0.25) is 4.79 Å². The summed E-state index contributed by atoms with van der Waals surface area (Å²) in [7, 11) is 0. The molecule has 4 nitrogen and oxygen atoms in total. The van der Waals surface area contributed by atoms with Crippen molar-refractivity contribution in [2.45, 2.75) is 32.2 Å². The van der Waals surface area contributed by atoms with Crippen LogP contribution in [0.25, 0.3) is 0 Å². The van der Waals surface area contributed by atoms with E-state index in [4.69, 9.17) is 6.42 Å². The molecule has 0 bridgehead atoms. The highest BCUT2D eigenvalue weighted by Crippen LogP contribution is 2.24. The lowest BCUT2D eigenvalue weighted by Crippen LogP contribution is -2.43. The van der Waals surface area contributed by atoms with Crippen molar-refractivity contribution >= 4 is 5.91 Å². The first kappa shape index (κ1) is 12.3. The Balaban J connectivity index is 1.62. The SMILES string of the molecule is C#CC1CCN(C(=O)C2CCc3cncn3C2)CC1. The number of aromatic nitrogens is 2. The molecule has 2 aliphatic heterocycles. The van der Waals surface area contributed by atoms with Crippen molar-refractivity contribution < 1.29 is 4.79 Å². The van der Waals surface area contributed by atoms with E-state index >= 15 is 0 Å². The van der Waals surface area contributed by atoms with Gasteiger partial charge in [-0.15, -0.1) is 12.3 Å². The molecule has 100 valence electrons. The number of aryl methyl sites for hydroxylation is 1. The van der Waals surface area contributed by atoms with Crippen molar-refractivity contribution in [3.8, 4) is 12.3 Å². The summed E-state index contributed by atoms with van der Waals surface area (Å²) in [6, 6.07) is 0. The Morgan fingerprint density at radius 2 is 2.16 bits per heavy atom. The fourth-order valence-electron chi connectivity index (χ4n) is 3.10. The average molecular weight is 257 g/mol. The van der Waals surface area contributed by atoms with Crippen molar-refractivity contribution in [3.63, 3.8) is 0 Å². The summed E-state index contributed by atoms with van der Waals surface area (Å²) >= 11 is 0. The van der Waals surface area contributed by atoms with E-state index in [-0.39, 0.29) is 5.92 Å². The van der Waals surface area contributed by atoms with Crippen LogP contribution in [0.2, 0.25) is 0 Å². The molecule has 2 aliphatic rings. The molecule has 0 N–H and O–H groups in total. The van der Waals surface area contributed by atoms with Crippen LogP contribution in [0.15, 0.2) is 12.5 Å². The molecule has 0 radical (unpaired) electrons. The maximum Gasteiger partial charge on any atom is 0.227 e. The molecule has 3 rings (SSSR count). The summed E-state index contributed by atoms with van der Waals surface area (Å²) < 4.78 is 2.11. The zero-order chi connectivity index (χ0) is 13.2. The van der Waals surface area contributed by atoms with Gasteiger partial charge in [-0.2, -0.15) is 0 Å². The highest BCUT2D eigenvalue weighted by molar-refractivity contribution is 5.79. The van der Waals surface area contributed by atoms with Crippen molar-refractivity contribution in [2.24, 2.45) is 11.8 Å². The number of likely N-dealkylation sites (tertiary alicyclic amines) is 1. The summed E-state index contributed by atoms with van der Waals surface area (Å²) in [6.45, 7) is 2.42. The molecular weight excluding hydrogens is 238 g/mol. The molecule has 1 aromatic heterocycles. The van der Waals surface area contributed by atoms with Gasteiger partial charge in [-0.1, -0.05) is 0 Å². The third kappa shape index (κ3) is 2.37. The standard InChI is InChI=1S/C15H19N3O/c1-2-12-5-7-17(8-6-12)15(19)13-3-4-14-9-16-11-18(14)10-13/h1,9,11-13H,3-8,10H2. The highest BCUT2D eigenvalue weighted by atomic mass is 16.2. The number of carbonyl (C=O) groups is 1. The van der Waals surface area contributed by atoms with Crippen LogP contribution >= 0.6 is 0 Å². The molecule has 19 heavy (non-hydrogen) atoms. The Morgan fingerprint density at radius 3 is 2.89 bits per heavy atom. The Bertz CT molecular complexity index is 506. The number of imidazole rings is 1. The normalized spacial score (nSPS) is 23.7. The van der Waals surface area contributed by atoms with Crippen LogP contribution in [0, 0.1) is 24.2 Å². The second-order valence-corrected chi connectivity index (χ2v) is 5.54. The number of hydrogen-bond acceptors (Lipinski definition) is 2. The van der Waals surface area contributed by atoms with Crippen molar-refractivity contribution in [2.75, 3.05) is 13.1 Å². The summed E-state index contributed by atoms with van der Waals surface area (Å²) in [6.07, 6.45) is 13.0. The van der Waals surface area contributed by atoms with E-state index in [0.717, 1.165) is 45.3 Å². The predicted molar refractivity (Wildman–Crippen MR) is 72.2 cm³/mol. The molecular formula is C15H19N3O. The number of amides is 1. The van der Waals surface area contributed by atoms with Crippen LogP contribution in [-0.2, 0) is 17.8 Å². The van der Waals surface area contributed by atoms with E-state index in [9.17, 15) is 4.79 Å². The van der Waals surface area contributed by atoms with Crippen LogP contribution < -0.4 is 0 Å². The van der Waals surface area contributed by atoms with Gasteiger partial charge in [-0.25, -0.2) is 4.98 Å². The van der Waals surface area contributed by atoms with Crippen molar-refractivity contribution in [3.05, 3.63) is 18.2 Å². The van der Waals surface area contributed by atoms with Crippen LogP contribution in [0.1, 0.15) is 25.0 Å². The minimum absolute atomic E-state index is 0.115. The second kappa shape index (κ2) is 5.08. The summed E-state index contributed by atoms with van der Waals surface area (Å²) in [5.41, 5.74) is 1.25. The number of piperidine rings is 1. The number of hydrogen-bond donors (Lipinski definition) is 0. The minimum atomic E-state index is 0.115. The molecule has 1 unspecified atom stereocenters. The molecule has 1 fully saturated rings. The molecule has 1 amide bonds. The van der Waals surface area contributed by atoms with Gasteiger partial charge in [0.15, 0.2) is 0 Å². The second-order valence-electron chi connectivity index (χ2n) is 5.54. The van der Waals surface area contributed by atoms with Crippen LogP contribution in [0.5, 0.6) is 0 Å². The maximum absolute atomic E-state index is 12.5. The van der Waals surface area contributed by atoms with Crippen LogP contribution in [0.3, 0.4) is 0 Å². The van der Waals surface area contributed by atoms with E-state index in [0.29, 0.717) is 11.8 Å². The zero-order valence-electron chi connectivity index (χ0n) is 11.1. The van der Waals surface area contributed by atoms with Crippen molar-refractivity contribution in [1.82, 2.24) is 14.5 Å². The lowest BCUT2D eigenvalue weighted by molar-refractivity contribution is -0.137. The molecule has 1 saturated heterocycles. The maximum atomic E-state index is 12.5. The first-order chi connectivity index (χ1) is 9.28. The third-order valence-corrected chi connectivity index (χ3v) is 4.36. The van der Waals surface area contributed by atoms with Gasteiger partial charge < -0.3 is 9.47 Å². The topological polar surface area (TPSA) is 38.1 Å². The summed E-state index contributed by atoms with van der Waals surface area (Å²) in [4.78, 5) is 18.7. The molecule has 0 spiro atoms. The molecule has 1 aromatic rings. The van der Waals surface area contributed by atoms with Gasteiger partial charge in [0.05, 0.1) is 12.2 Å². The zero-order valence-corrected chi connectivity index (χ0v) is 11.1. The highest BCUT2D eigenvalue weighted by Gasteiger charge is 2.30. The van der Waals surface area contributed by atoms with Gasteiger partial charge in [-0.05, 0) is 25.7 Å². The molecule has 0 aromatic carbocycles.